The molecule has 0 aromatic heterocycles. The minimum Gasteiger partial charge on any atom is -0.480 e. The van der Waals surface area contributed by atoms with Gasteiger partial charge in [0.1, 0.15) is 11.6 Å². The molecule has 0 radical (unpaired) electrons. The highest BCUT2D eigenvalue weighted by atomic mass is 32.2. The second kappa shape index (κ2) is 6.54. The Morgan fingerprint density at radius 2 is 2.00 bits per heavy atom. The fraction of sp³-hybridized carbons (Fsp3) is 0.636. The van der Waals surface area contributed by atoms with Gasteiger partial charge in [0.15, 0.2) is 0 Å². The Bertz CT molecular complexity index is 309. The Balaban J connectivity index is 4.30. The van der Waals surface area contributed by atoms with Crippen molar-refractivity contribution in [2.24, 2.45) is 0 Å². The summed E-state index contributed by atoms with van der Waals surface area (Å²) in [5, 5.41) is 11.2. The van der Waals surface area contributed by atoms with Crippen LogP contribution in [0.1, 0.15) is 27.7 Å². The molecule has 2 N–H and O–H groups in total. The molecule has 0 saturated carbocycles. The van der Waals surface area contributed by atoms with Crippen LogP contribution in [-0.2, 0) is 9.53 Å². The van der Waals surface area contributed by atoms with Gasteiger partial charge in [-0.3, -0.25) is 0 Å². The summed E-state index contributed by atoms with van der Waals surface area (Å²) in [5.41, 5.74) is -0.644. The number of carboxylic acids is 1. The summed E-state index contributed by atoms with van der Waals surface area (Å²) in [6.45, 7) is 10.6. The largest absolute Gasteiger partial charge is 0.480 e. The number of rotatable bonds is 5. The summed E-state index contributed by atoms with van der Waals surface area (Å²) >= 11 is 1.28. The van der Waals surface area contributed by atoms with E-state index in [-0.39, 0.29) is 5.75 Å². The van der Waals surface area contributed by atoms with E-state index < -0.39 is 23.7 Å². The number of amides is 1. The molecule has 0 fully saturated rings. The van der Waals surface area contributed by atoms with Crippen molar-refractivity contribution in [2.45, 2.75) is 39.3 Å². The van der Waals surface area contributed by atoms with Gasteiger partial charge in [0, 0.05) is 5.75 Å². The molecule has 0 spiro atoms. The predicted octanol–water partition coefficient (Wildman–Crippen LogP) is 2.23. The summed E-state index contributed by atoms with van der Waals surface area (Å²) in [6, 6.07) is -0.980. The second-order valence-electron chi connectivity index (χ2n) is 4.55. The third-order valence-electron chi connectivity index (χ3n) is 1.49. The first-order valence-corrected chi connectivity index (χ1v) is 6.11. The molecule has 0 bridgehead atoms. The molecule has 1 amide bonds. The van der Waals surface area contributed by atoms with Gasteiger partial charge in [-0.1, -0.05) is 6.58 Å². The number of hydrogen-bond acceptors (Lipinski definition) is 4. The molecule has 17 heavy (non-hydrogen) atoms. The Morgan fingerprint density at radius 3 is 2.35 bits per heavy atom. The van der Waals surface area contributed by atoms with Crippen molar-refractivity contribution in [3.05, 3.63) is 11.5 Å². The quantitative estimate of drug-likeness (QED) is 0.793. The van der Waals surface area contributed by atoms with Crippen molar-refractivity contribution < 1.29 is 19.4 Å². The van der Waals surface area contributed by atoms with Gasteiger partial charge in [0.05, 0.1) is 0 Å². The third-order valence-corrected chi connectivity index (χ3v) is 2.48. The smallest absolute Gasteiger partial charge is 0.408 e. The number of carboxylic acid groups (broad SMARTS) is 1. The van der Waals surface area contributed by atoms with Crippen molar-refractivity contribution >= 4 is 23.8 Å². The van der Waals surface area contributed by atoms with Gasteiger partial charge in [0.25, 0.3) is 0 Å². The highest BCUT2D eigenvalue weighted by Crippen LogP contribution is 2.14. The number of nitrogens with one attached hydrogen (secondary N) is 1. The van der Waals surface area contributed by atoms with E-state index in [2.05, 4.69) is 11.9 Å². The van der Waals surface area contributed by atoms with Crippen LogP contribution in [0.5, 0.6) is 0 Å². The molecule has 0 aliphatic heterocycles. The van der Waals surface area contributed by atoms with Gasteiger partial charge < -0.3 is 15.2 Å². The molecule has 0 aliphatic carbocycles. The van der Waals surface area contributed by atoms with E-state index in [1.165, 1.54) is 11.8 Å². The van der Waals surface area contributed by atoms with Crippen molar-refractivity contribution in [1.82, 2.24) is 5.32 Å². The molecule has 0 aromatic rings. The van der Waals surface area contributed by atoms with E-state index >= 15 is 0 Å². The number of carbonyl (C=O) groups is 2. The molecule has 98 valence electrons. The van der Waals surface area contributed by atoms with Gasteiger partial charge in [-0.05, 0) is 32.6 Å². The first-order valence-electron chi connectivity index (χ1n) is 5.12. The molecule has 0 aromatic carbocycles. The van der Waals surface area contributed by atoms with Gasteiger partial charge in [-0.15, -0.1) is 11.8 Å². The summed E-state index contributed by atoms with van der Waals surface area (Å²) in [7, 11) is 0. The minimum absolute atomic E-state index is 0.226. The highest BCUT2D eigenvalue weighted by Gasteiger charge is 2.23. The first-order chi connectivity index (χ1) is 7.61. The zero-order valence-electron chi connectivity index (χ0n) is 10.6. The number of aliphatic carboxylic acids is 1. The normalized spacial score (nSPS) is 12.7. The van der Waals surface area contributed by atoms with Gasteiger partial charge in [0.2, 0.25) is 0 Å². The van der Waals surface area contributed by atoms with Crippen molar-refractivity contribution in [2.75, 3.05) is 5.75 Å². The lowest BCUT2D eigenvalue weighted by Crippen LogP contribution is -2.44. The lowest BCUT2D eigenvalue weighted by Gasteiger charge is -2.21. The van der Waals surface area contributed by atoms with Crippen molar-refractivity contribution in [1.29, 1.82) is 0 Å². The van der Waals surface area contributed by atoms with E-state index in [1.54, 1.807) is 27.7 Å². The van der Waals surface area contributed by atoms with Gasteiger partial charge >= 0.3 is 12.1 Å². The van der Waals surface area contributed by atoms with E-state index in [1.807, 2.05) is 0 Å². The maximum atomic E-state index is 11.4. The van der Waals surface area contributed by atoms with E-state index in [4.69, 9.17) is 9.84 Å². The van der Waals surface area contributed by atoms with Crippen LogP contribution >= 0.6 is 11.8 Å². The number of thioether (sulfide) groups is 1. The monoisotopic (exact) mass is 261 g/mol. The fourth-order valence-corrected chi connectivity index (χ4v) is 1.53. The molecule has 0 unspecified atom stereocenters. The molecule has 0 heterocycles. The zero-order chi connectivity index (χ0) is 13.6. The van der Waals surface area contributed by atoms with E-state index in [0.717, 1.165) is 4.91 Å². The zero-order valence-corrected chi connectivity index (χ0v) is 11.4. The Kier molecular flexibility index (Phi) is 6.09. The van der Waals surface area contributed by atoms with Crippen molar-refractivity contribution in [3.8, 4) is 0 Å². The number of hydrogen-bond donors (Lipinski definition) is 2. The average Bonchev–Trinajstić information content (AvgIpc) is 2.08. The van der Waals surface area contributed by atoms with Crippen LogP contribution in [-0.4, -0.2) is 34.6 Å². The Labute approximate surface area is 106 Å². The molecule has 0 saturated heterocycles. The highest BCUT2D eigenvalue weighted by molar-refractivity contribution is 8.03. The fourth-order valence-electron chi connectivity index (χ4n) is 0.850. The molecule has 0 rings (SSSR count). The van der Waals surface area contributed by atoms with Crippen LogP contribution in [0.4, 0.5) is 4.79 Å². The molecular formula is C11H19NO4S. The second-order valence-corrected chi connectivity index (χ2v) is 5.87. The first kappa shape index (κ1) is 15.8. The summed E-state index contributed by atoms with van der Waals surface area (Å²) in [5.74, 6) is -0.867. The maximum Gasteiger partial charge on any atom is 0.408 e. The summed E-state index contributed by atoms with van der Waals surface area (Å²) in [6.07, 6.45) is -0.729. The molecule has 0 aliphatic rings. The van der Waals surface area contributed by atoms with Gasteiger partial charge in [-0.25, -0.2) is 9.59 Å². The lowest BCUT2D eigenvalue weighted by molar-refractivity contribution is -0.138. The van der Waals surface area contributed by atoms with Gasteiger partial charge in [-0.2, -0.15) is 0 Å². The maximum absolute atomic E-state index is 11.4. The van der Waals surface area contributed by atoms with Crippen LogP contribution in [0, 0.1) is 0 Å². The number of carbonyl (C=O) groups excluding carboxylic acids is 1. The Hall–Kier alpha value is -1.17. The predicted molar refractivity (Wildman–Crippen MR) is 68.1 cm³/mol. The molecular weight excluding hydrogens is 242 g/mol. The number of allylic oxidation sites excluding steroid dienone is 1. The van der Waals surface area contributed by atoms with E-state index in [9.17, 15) is 9.59 Å². The molecule has 6 heteroatoms. The van der Waals surface area contributed by atoms with Crippen LogP contribution in [0.25, 0.3) is 0 Å². The van der Waals surface area contributed by atoms with Crippen molar-refractivity contribution in [3.63, 3.8) is 0 Å². The van der Waals surface area contributed by atoms with Crippen LogP contribution in [0.2, 0.25) is 0 Å². The summed E-state index contributed by atoms with van der Waals surface area (Å²) < 4.78 is 4.98. The van der Waals surface area contributed by atoms with Crippen LogP contribution in [0.15, 0.2) is 11.5 Å². The number of ether oxygens (including phenoxy) is 1. The third kappa shape index (κ3) is 8.62. The molecule has 5 nitrogen and oxygen atoms in total. The van der Waals surface area contributed by atoms with Crippen LogP contribution in [0.3, 0.4) is 0 Å². The minimum atomic E-state index is -1.09. The standard InChI is InChI=1S/C11H19NO4S/c1-7(2)17-6-8(9(13)14)12-10(15)16-11(3,4)5/h8H,1,6H2,2-5H3,(H,12,15)(H,13,14)/t8-/m1/s1. The topological polar surface area (TPSA) is 75.6 Å². The average molecular weight is 261 g/mol. The van der Waals surface area contributed by atoms with Crippen LogP contribution < -0.4 is 5.32 Å². The lowest BCUT2D eigenvalue weighted by atomic mass is 10.2. The summed E-state index contributed by atoms with van der Waals surface area (Å²) in [4.78, 5) is 23.1. The number of alkyl carbamates (subject to hydrolysis) is 1. The molecule has 1 atom stereocenters. The Morgan fingerprint density at radius 1 is 1.47 bits per heavy atom. The SMILES string of the molecule is C=C(C)SC[C@@H](NC(=O)OC(C)(C)C)C(=O)O. The van der Waals surface area contributed by atoms with E-state index in [0.29, 0.717) is 0 Å².